The molecule has 7 nitrogen and oxygen atoms in total. The normalized spacial score (nSPS) is 16.1. The summed E-state index contributed by atoms with van der Waals surface area (Å²) < 4.78 is 0. The van der Waals surface area contributed by atoms with Crippen molar-refractivity contribution >= 4 is 23.0 Å². The van der Waals surface area contributed by atoms with Crippen LogP contribution in [0.15, 0.2) is 41.1 Å². The smallest absolute Gasteiger partial charge is 0.282 e. The van der Waals surface area contributed by atoms with Gasteiger partial charge in [-0.3, -0.25) is 14.9 Å². The Labute approximate surface area is 128 Å². The lowest BCUT2D eigenvalue weighted by atomic mass is 10.1. The summed E-state index contributed by atoms with van der Waals surface area (Å²) in [6.07, 6.45) is 3.34. The number of amides is 1. The summed E-state index contributed by atoms with van der Waals surface area (Å²) in [4.78, 5) is 24.5. The molecule has 0 fully saturated rings. The minimum Gasteiger partial charge on any atom is -0.383 e. The van der Waals surface area contributed by atoms with Gasteiger partial charge in [-0.1, -0.05) is 13.3 Å². The molecule has 2 rings (SSSR count). The Hall–Kier alpha value is -2.70. The minimum atomic E-state index is -0.473. The van der Waals surface area contributed by atoms with Crippen LogP contribution in [0.25, 0.3) is 0 Å². The average Bonchev–Trinajstić information content (AvgIpc) is 2.76. The number of anilines is 1. The second kappa shape index (κ2) is 6.38. The lowest BCUT2D eigenvalue weighted by Gasteiger charge is -2.12. The number of nitro benzene ring substituents is 1. The molecule has 0 aromatic heterocycles. The van der Waals surface area contributed by atoms with Crippen molar-refractivity contribution in [3.8, 4) is 0 Å². The van der Waals surface area contributed by atoms with Crippen LogP contribution in [0.3, 0.4) is 0 Å². The van der Waals surface area contributed by atoms with E-state index in [0.717, 1.165) is 12.1 Å². The van der Waals surface area contributed by atoms with Crippen LogP contribution in [-0.2, 0) is 4.79 Å². The van der Waals surface area contributed by atoms with Crippen molar-refractivity contribution < 1.29 is 9.72 Å². The molecular weight excluding hydrogens is 284 g/mol. The first-order valence-electron chi connectivity index (χ1n) is 6.99. The van der Waals surface area contributed by atoms with E-state index in [1.54, 1.807) is 11.1 Å². The van der Waals surface area contributed by atoms with Gasteiger partial charge in [0.15, 0.2) is 0 Å². The highest BCUT2D eigenvalue weighted by Gasteiger charge is 2.30. The number of non-ortho nitro benzene ring substituents is 1. The maximum absolute atomic E-state index is 12.5. The van der Waals surface area contributed by atoms with Gasteiger partial charge in [-0.25, -0.2) is 0 Å². The predicted octanol–water partition coefficient (Wildman–Crippen LogP) is 2.54. The Bertz CT molecular complexity index is 647. The highest BCUT2D eigenvalue weighted by atomic mass is 16.6. The van der Waals surface area contributed by atoms with Gasteiger partial charge in [0.25, 0.3) is 11.6 Å². The van der Waals surface area contributed by atoms with Gasteiger partial charge in [0, 0.05) is 32.4 Å². The zero-order valence-electron chi connectivity index (χ0n) is 12.8. The van der Waals surface area contributed by atoms with Gasteiger partial charge >= 0.3 is 0 Å². The lowest BCUT2D eigenvalue weighted by Crippen LogP contribution is -2.22. The molecule has 0 saturated carbocycles. The van der Waals surface area contributed by atoms with Crippen molar-refractivity contribution in [1.29, 1.82) is 0 Å². The second-order valence-electron chi connectivity index (χ2n) is 5.19. The van der Waals surface area contributed by atoms with E-state index in [9.17, 15) is 14.9 Å². The number of carbonyl (C=O) groups excluding carboxylic acids is 1. The standard InChI is InChI=1S/C15H18N4O3/c1-4-5-14-13(10-17(2)3)15(20)18(16-14)11-6-8-12(9-7-11)19(21)22/h6-10H,4-5H2,1-3H3. The first-order chi connectivity index (χ1) is 10.4. The van der Waals surface area contributed by atoms with Gasteiger partial charge in [0.1, 0.15) is 0 Å². The highest BCUT2D eigenvalue weighted by molar-refractivity contribution is 6.30. The highest BCUT2D eigenvalue weighted by Crippen LogP contribution is 2.27. The number of benzene rings is 1. The van der Waals surface area contributed by atoms with Gasteiger partial charge in [-0.15, -0.1) is 0 Å². The first-order valence-corrected chi connectivity index (χ1v) is 6.99. The molecule has 0 saturated heterocycles. The van der Waals surface area contributed by atoms with Gasteiger partial charge in [-0.2, -0.15) is 10.1 Å². The van der Waals surface area contributed by atoms with Gasteiger partial charge in [0.05, 0.1) is 21.9 Å². The lowest BCUT2D eigenvalue weighted by molar-refractivity contribution is -0.384. The SMILES string of the molecule is CCCC1=NN(c2ccc([N+](=O)[O-])cc2)C(=O)C1=CN(C)C. The Morgan fingerprint density at radius 3 is 2.45 bits per heavy atom. The van der Waals surface area contributed by atoms with E-state index < -0.39 is 4.92 Å². The third kappa shape index (κ3) is 3.13. The molecule has 0 unspecified atom stereocenters. The number of rotatable bonds is 5. The van der Waals surface area contributed by atoms with Crippen molar-refractivity contribution in [2.24, 2.45) is 5.10 Å². The number of carbonyl (C=O) groups is 1. The average molecular weight is 302 g/mol. The quantitative estimate of drug-likeness (QED) is 0.475. The van der Waals surface area contributed by atoms with E-state index in [-0.39, 0.29) is 11.6 Å². The van der Waals surface area contributed by atoms with Gasteiger partial charge < -0.3 is 4.90 Å². The maximum Gasteiger partial charge on any atom is 0.282 e. The van der Waals surface area contributed by atoms with Crippen LogP contribution in [0.4, 0.5) is 11.4 Å². The summed E-state index contributed by atoms with van der Waals surface area (Å²) in [5.74, 6) is -0.217. The fourth-order valence-electron chi connectivity index (χ4n) is 2.16. The fourth-order valence-corrected chi connectivity index (χ4v) is 2.16. The van der Waals surface area contributed by atoms with E-state index in [1.807, 2.05) is 21.0 Å². The molecule has 0 N–H and O–H groups in total. The molecule has 0 aliphatic carbocycles. The molecule has 1 heterocycles. The van der Waals surface area contributed by atoms with Crippen LogP contribution in [0.2, 0.25) is 0 Å². The number of nitrogens with zero attached hydrogens (tertiary/aromatic N) is 4. The Morgan fingerprint density at radius 2 is 1.95 bits per heavy atom. The molecule has 22 heavy (non-hydrogen) atoms. The third-order valence-corrected chi connectivity index (χ3v) is 3.13. The molecule has 1 aromatic carbocycles. The van der Waals surface area contributed by atoms with Crippen LogP contribution in [0, 0.1) is 10.1 Å². The van der Waals surface area contributed by atoms with Gasteiger partial charge in [0.2, 0.25) is 0 Å². The molecule has 0 spiro atoms. The summed E-state index contributed by atoms with van der Waals surface area (Å²) in [6, 6.07) is 5.79. The molecule has 1 aromatic rings. The number of hydrazone groups is 1. The van der Waals surface area contributed by atoms with Crippen molar-refractivity contribution in [3.63, 3.8) is 0 Å². The number of hydrogen-bond acceptors (Lipinski definition) is 5. The molecule has 0 atom stereocenters. The molecule has 0 bridgehead atoms. The zero-order valence-corrected chi connectivity index (χ0v) is 12.8. The van der Waals surface area contributed by atoms with Crippen molar-refractivity contribution in [3.05, 3.63) is 46.2 Å². The molecule has 1 amide bonds. The van der Waals surface area contributed by atoms with Crippen molar-refractivity contribution in [1.82, 2.24) is 4.90 Å². The topological polar surface area (TPSA) is 79.0 Å². The van der Waals surface area contributed by atoms with Crippen LogP contribution in [0.1, 0.15) is 19.8 Å². The minimum absolute atomic E-state index is 0.0165. The molecular formula is C15H18N4O3. The van der Waals surface area contributed by atoms with E-state index in [2.05, 4.69) is 5.10 Å². The van der Waals surface area contributed by atoms with Crippen molar-refractivity contribution in [2.45, 2.75) is 19.8 Å². The van der Waals surface area contributed by atoms with Crippen molar-refractivity contribution in [2.75, 3.05) is 19.1 Å². The van der Waals surface area contributed by atoms with E-state index in [4.69, 9.17) is 0 Å². The summed E-state index contributed by atoms with van der Waals surface area (Å²) in [5.41, 5.74) is 1.80. The van der Waals surface area contributed by atoms with Gasteiger partial charge in [-0.05, 0) is 18.6 Å². The Balaban J connectivity index is 2.35. The maximum atomic E-state index is 12.5. The molecule has 116 valence electrons. The van der Waals surface area contributed by atoms with E-state index in [0.29, 0.717) is 17.7 Å². The Kier molecular flexibility index (Phi) is 4.55. The van der Waals surface area contributed by atoms with Crippen LogP contribution in [0.5, 0.6) is 0 Å². The summed E-state index contributed by atoms with van der Waals surface area (Å²) in [7, 11) is 3.69. The largest absolute Gasteiger partial charge is 0.383 e. The molecule has 1 aliphatic heterocycles. The van der Waals surface area contributed by atoms with Crippen LogP contribution >= 0.6 is 0 Å². The fraction of sp³-hybridized carbons (Fsp3) is 0.333. The predicted molar refractivity (Wildman–Crippen MR) is 84.7 cm³/mol. The molecule has 1 aliphatic rings. The van der Waals surface area contributed by atoms with E-state index >= 15 is 0 Å². The summed E-state index contributed by atoms with van der Waals surface area (Å²) >= 11 is 0. The van der Waals surface area contributed by atoms with Crippen LogP contribution < -0.4 is 5.01 Å². The second-order valence-corrected chi connectivity index (χ2v) is 5.19. The monoisotopic (exact) mass is 302 g/mol. The molecule has 7 heteroatoms. The van der Waals surface area contributed by atoms with E-state index in [1.165, 1.54) is 29.3 Å². The van der Waals surface area contributed by atoms with Crippen LogP contribution in [-0.4, -0.2) is 35.5 Å². The number of hydrogen-bond donors (Lipinski definition) is 0. The zero-order chi connectivity index (χ0) is 16.3. The third-order valence-electron chi connectivity index (χ3n) is 3.13. The number of nitro groups is 1. The Morgan fingerprint density at radius 1 is 1.32 bits per heavy atom. The molecule has 0 radical (unpaired) electrons. The first kappa shape index (κ1) is 15.7. The summed E-state index contributed by atoms with van der Waals surface area (Å²) in [6.45, 7) is 2.02. The summed E-state index contributed by atoms with van der Waals surface area (Å²) in [5, 5.41) is 16.4.